The molecule has 33 heavy (non-hydrogen) atoms. The van der Waals surface area contributed by atoms with Crippen molar-refractivity contribution in [3.63, 3.8) is 0 Å². The molecule has 2 saturated heterocycles. The number of aromatic nitrogens is 4. The number of likely N-dealkylation sites (N-methyl/N-ethyl adjacent to an activating group) is 1. The van der Waals surface area contributed by atoms with E-state index >= 15 is 0 Å². The van der Waals surface area contributed by atoms with Crippen molar-refractivity contribution in [1.82, 2.24) is 29.3 Å². The van der Waals surface area contributed by atoms with Gasteiger partial charge in [-0.3, -0.25) is 0 Å². The average molecular weight is 452 g/mol. The number of carbonyl (C=O) groups is 1. The summed E-state index contributed by atoms with van der Waals surface area (Å²) in [6, 6.07) is 9.92. The van der Waals surface area contributed by atoms with Crippen LogP contribution in [-0.4, -0.2) is 94.9 Å². The second-order valence-electron chi connectivity index (χ2n) is 8.44. The minimum atomic E-state index is -0.306. The van der Waals surface area contributed by atoms with Crippen LogP contribution in [0.5, 0.6) is 0 Å². The van der Waals surface area contributed by atoms with Gasteiger partial charge in [0.1, 0.15) is 5.82 Å². The Hall–Kier alpha value is -3.24. The normalized spacial score (nSPS) is 17.5. The third kappa shape index (κ3) is 4.49. The summed E-state index contributed by atoms with van der Waals surface area (Å²) in [7, 11) is 3.96. The molecule has 0 bridgehead atoms. The number of hydrogen-bond donors (Lipinski definition) is 0. The first-order valence-corrected chi connectivity index (χ1v) is 11.3. The maximum atomic E-state index is 12.6. The standard InChI is InChI=1S/C23H29N7O3/c1-27-8-10-30(11-9-27)23(31)33-16-18-24-19-21(28(18)2)25-20(17-6-4-3-5-7-17)26-22(19)29-12-14-32-15-13-29/h3-7H,8-16H2,1-2H3. The number of ether oxygens (including phenoxy) is 2. The second kappa shape index (κ2) is 9.32. The molecule has 2 fully saturated rings. The SMILES string of the molecule is CN1CCN(C(=O)OCc2nc3c(N4CCOCC4)nc(-c4ccccc4)nc3n2C)CC1. The van der Waals surface area contributed by atoms with Gasteiger partial charge in [0.15, 0.2) is 29.4 Å². The molecular formula is C23H29N7O3. The van der Waals surface area contributed by atoms with E-state index in [0.717, 1.165) is 43.2 Å². The average Bonchev–Trinajstić information content (AvgIpc) is 3.19. The molecule has 174 valence electrons. The van der Waals surface area contributed by atoms with Gasteiger partial charge in [-0.15, -0.1) is 0 Å². The Morgan fingerprint density at radius 1 is 0.970 bits per heavy atom. The Bertz CT molecular complexity index is 1120. The molecule has 10 heteroatoms. The lowest BCUT2D eigenvalue weighted by Crippen LogP contribution is -2.47. The van der Waals surface area contributed by atoms with Crippen molar-refractivity contribution in [2.75, 3.05) is 64.4 Å². The molecule has 0 N–H and O–H groups in total. The number of carbonyl (C=O) groups excluding carboxylic acids is 1. The number of piperazine rings is 1. The van der Waals surface area contributed by atoms with E-state index in [0.29, 0.717) is 43.5 Å². The summed E-state index contributed by atoms with van der Waals surface area (Å²) in [5, 5.41) is 0. The highest BCUT2D eigenvalue weighted by atomic mass is 16.6. The molecule has 0 atom stereocenters. The lowest BCUT2D eigenvalue weighted by Gasteiger charge is -2.31. The van der Waals surface area contributed by atoms with Crippen molar-refractivity contribution >= 4 is 23.1 Å². The fourth-order valence-corrected chi connectivity index (χ4v) is 4.14. The molecule has 2 aliphatic heterocycles. The first kappa shape index (κ1) is 21.6. The number of nitrogens with zero attached hydrogens (tertiary/aromatic N) is 7. The summed E-state index contributed by atoms with van der Waals surface area (Å²) >= 11 is 0. The fourth-order valence-electron chi connectivity index (χ4n) is 4.14. The number of rotatable bonds is 4. The molecular weight excluding hydrogens is 422 g/mol. The van der Waals surface area contributed by atoms with Crippen molar-refractivity contribution in [3.8, 4) is 11.4 Å². The zero-order valence-corrected chi connectivity index (χ0v) is 19.1. The summed E-state index contributed by atoms with van der Waals surface area (Å²) in [4.78, 5) is 33.2. The molecule has 3 aromatic rings. The van der Waals surface area contributed by atoms with Crippen LogP contribution < -0.4 is 4.90 Å². The van der Waals surface area contributed by atoms with Crippen LogP contribution >= 0.6 is 0 Å². The Labute approximate surface area is 192 Å². The molecule has 10 nitrogen and oxygen atoms in total. The molecule has 2 aliphatic rings. The Morgan fingerprint density at radius 2 is 1.70 bits per heavy atom. The van der Waals surface area contributed by atoms with Crippen molar-refractivity contribution in [2.45, 2.75) is 6.61 Å². The molecule has 0 radical (unpaired) electrons. The molecule has 2 aromatic heterocycles. The van der Waals surface area contributed by atoms with E-state index in [1.165, 1.54) is 0 Å². The summed E-state index contributed by atoms with van der Waals surface area (Å²) in [5.41, 5.74) is 2.37. The van der Waals surface area contributed by atoms with Crippen molar-refractivity contribution in [3.05, 3.63) is 36.2 Å². The van der Waals surface area contributed by atoms with E-state index in [1.54, 1.807) is 4.90 Å². The largest absolute Gasteiger partial charge is 0.441 e. The van der Waals surface area contributed by atoms with Crippen LogP contribution in [0.1, 0.15) is 5.82 Å². The highest BCUT2D eigenvalue weighted by molar-refractivity contribution is 5.86. The highest BCUT2D eigenvalue weighted by Crippen LogP contribution is 2.28. The molecule has 0 aliphatic carbocycles. The minimum Gasteiger partial charge on any atom is -0.441 e. The van der Waals surface area contributed by atoms with Gasteiger partial charge in [0.05, 0.1) is 13.2 Å². The van der Waals surface area contributed by atoms with Crippen LogP contribution in [-0.2, 0) is 23.1 Å². The minimum absolute atomic E-state index is 0.0846. The highest BCUT2D eigenvalue weighted by Gasteiger charge is 2.24. The third-order valence-electron chi connectivity index (χ3n) is 6.22. The van der Waals surface area contributed by atoms with Gasteiger partial charge < -0.3 is 28.7 Å². The van der Waals surface area contributed by atoms with E-state index in [-0.39, 0.29) is 12.7 Å². The maximum Gasteiger partial charge on any atom is 0.410 e. The van der Waals surface area contributed by atoms with Crippen LogP contribution in [0.3, 0.4) is 0 Å². The van der Waals surface area contributed by atoms with Crippen molar-refractivity contribution < 1.29 is 14.3 Å². The predicted molar refractivity (Wildman–Crippen MR) is 124 cm³/mol. The Balaban J connectivity index is 1.45. The van der Waals surface area contributed by atoms with Crippen LogP contribution in [0.25, 0.3) is 22.6 Å². The van der Waals surface area contributed by atoms with E-state index in [1.807, 2.05) is 41.9 Å². The summed E-state index contributed by atoms with van der Waals surface area (Å²) in [5.74, 6) is 2.07. The van der Waals surface area contributed by atoms with Crippen molar-refractivity contribution in [1.29, 1.82) is 0 Å². The molecule has 0 spiro atoms. The lowest BCUT2D eigenvalue weighted by atomic mass is 10.2. The number of benzene rings is 1. The number of morpholine rings is 1. The Kier molecular flexibility index (Phi) is 6.10. The van der Waals surface area contributed by atoms with Gasteiger partial charge in [0.25, 0.3) is 0 Å². The van der Waals surface area contributed by atoms with E-state index < -0.39 is 0 Å². The van der Waals surface area contributed by atoms with E-state index in [2.05, 4.69) is 16.8 Å². The summed E-state index contributed by atoms with van der Waals surface area (Å²) in [6.45, 7) is 5.90. The van der Waals surface area contributed by atoms with Gasteiger partial charge >= 0.3 is 6.09 Å². The number of hydrogen-bond acceptors (Lipinski definition) is 8. The number of fused-ring (bicyclic) bond motifs is 1. The molecule has 5 rings (SSSR count). The molecule has 4 heterocycles. The monoisotopic (exact) mass is 451 g/mol. The lowest BCUT2D eigenvalue weighted by molar-refractivity contribution is 0.0746. The van der Waals surface area contributed by atoms with Crippen LogP contribution in [0.4, 0.5) is 10.6 Å². The van der Waals surface area contributed by atoms with E-state index in [4.69, 9.17) is 24.4 Å². The van der Waals surface area contributed by atoms with Gasteiger partial charge in [-0.2, -0.15) is 0 Å². The molecule has 1 amide bonds. The number of imidazole rings is 1. The van der Waals surface area contributed by atoms with Crippen molar-refractivity contribution in [2.24, 2.45) is 7.05 Å². The second-order valence-corrected chi connectivity index (χ2v) is 8.44. The van der Waals surface area contributed by atoms with Gasteiger partial charge in [-0.25, -0.2) is 19.7 Å². The zero-order chi connectivity index (χ0) is 22.8. The smallest absolute Gasteiger partial charge is 0.410 e. The number of amides is 1. The summed E-state index contributed by atoms with van der Waals surface area (Å²) in [6.07, 6.45) is -0.306. The van der Waals surface area contributed by atoms with Gasteiger partial charge in [0, 0.05) is 51.9 Å². The predicted octanol–water partition coefficient (Wildman–Crippen LogP) is 1.75. The Morgan fingerprint density at radius 3 is 2.42 bits per heavy atom. The molecule has 1 aromatic carbocycles. The summed E-state index contributed by atoms with van der Waals surface area (Å²) < 4.78 is 13.0. The number of aryl methyl sites for hydroxylation is 1. The first-order valence-electron chi connectivity index (χ1n) is 11.3. The van der Waals surface area contributed by atoms with E-state index in [9.17, 15) is 4.79 Å². The van der Waals surface area contributed by atoms with Crippen LogP contribution in [0, 0.1) is 0 Å². The van der Waals surface area contributed by atoms with Crippen LogP contribution in [0.2, 0.25) is 0 Å². The first-order chi connectivity index (χ1) is 16.1. The maximum absolute atomic E-state index is 12.6. The third-order valence-corrected chi connectivity index (χ3v) is 6.22. The van der Waals surface area contributed by atoms with Gasteiger partial charge in [-0.1, -0.05) is 30.3 Å². The van der Waals surface area contributed by atoms with Gasteiger partial charge in [-0.05, 0) is 7.05 Å². The van der Waals surface area contributed by atoms with Gasteiger partial charge in [0.2, 0.25) is 0 Å². The quantitative estimate of drug-likeness (QED) is 0.593. The van der Waals surface area contributed by atoms with Crippen LogP contribution in [0.15, 0.2) is 30.3 Å². The fraction of sp³-hybridized carbons (Fsp3) is 0.478. The zero-order valence-electron chi connectivity index (χ0n) is 19.1. The topological polar surface area (TPSA) is 88.8 Å². The molecule has 0 unspecified atom stereocenters. The number of anilines is 1. The molecule has 0 saturated carbocycles.